The monoisotopic (exact) mass is 660 g/mol. The Hall–Kier alpha value is -5.56. The van der Waals surface area contributed by atoms with Gasteiger partial charge in [0.15, 0.2) is 18.1 Å². The molecule has 4 aromatic rings. The van der Waals surface area contributed by atoms with Crippen LogP contribution in [0.5, 0.6) is 23.0 Å². The van der Waals surface area contributed by atoms with Gasteiger partial charge in [-0.15, -0.1) is 0 Å². The molecule has 0 saturated heterocycles. The molecule has 0 bridgehead atoms. The molecule has 0 unspecified atom stereocenters. The molecule has 0 aliphatic rings. The van der Waals surface area contributed by atoms with Gasteiger partial charge in [-0.2, -0.15) is 5.10 Å². The fraction of sp³-hybridized carbons (Fsp3) is 0.206. The predicted octanol–water partition coefficient (Wildman–Crippen LogP) is 4.14. The Morgan fingerprint density at radius 3 is 2.13 bits per heavy atom. The Kier molecular flexibility index (Phi) is 12.2. The Labute approximate surface area is 274 Å². The van der Waals surface area contributed by atoms with E-state index in [1.54, 1.807) is 48.5 Å². The van der Waals surface area contributed by atoms with E-state index in [1.165, 1.54) is 38.6 Å². The first-order valence-electron chi connectivity index (χ1n) is 14.6. The number of hydrogen-bond donors (Lipinski definition) is 2. The number of anilines is 1. The number of methoxy groups -OCH3 is 2. The van der Waals surface area contributed by atoms with Crippen molar-refractivity contribution >= 4 is 33.7 Å². The number of carbonyl (C=O) groups is 2. The molecule has 12 nitrogen and oxygen atoms in total. The lowest BCUT2D eigenvalue weighted by atomic mass is 10.2. The molecule has 0 heterocycles. The zero-order chi connectivity index (χ0) is 33.6. The number of hydrazone groups is 1. The Bertz CT molecular complexity index is 1760. The van der Waals surface area contributed by atoms with Crippen molar-refractivity contribution in [3.63, 3.8) is 0 Å². The summed E-state index contributed by atoms with van der Waals surface area (Å²) in [6.07, 6.45) is 1.40. The summed E-state index contributed by atoms with van der Waals surface area (Å²) >= 11 is 0. The molecule has 0 radical (unpaired) electrons. The van der Waals surface area contributed by atoms with E-state index in [9.17, 15) is 18.0 Å². The number of carbonyl (C=O) groups excluding carboxylic acids is 2. The first kappa shape index (κ1) is 34.3. The van der Waals surface area contributed by atoms with Crippen molar-refractivity contribution < 1.29 is 37.0 Å². The molecule has 246 valence electrons. The largest absolute Gasteiger partial charge is 0.494 e. The summed E-state index contributed by atoms with van der Waals surface area (Å²) in [5, 5.41) is 6.78. The minimum absolute atomic E-state index is 0.101. The van der Waals surface area contributed by atoms with Crippen LogP contribution in [0.3, 0.4) is 0 Å². The number of ether oxygens (including phenoxy) is 4. The normalized spacial score (nSPS) is 11.0. The highest BCUT2D eigenvalue weighted by atomic mass is 32.2. The van der Waals surface area contributed by atoms with Gasteiger partial charge in [0.25, 0.3) is 21.8 Å². The number of rotatable bonds is 16. The van der Waals surface area contributed by atoms with Crippen LogP contribution < -0.4 is 34.0 Å². The van der Waals surface area contributed by atoms with E-state index in [2.05, 4.69) is 15.8 Å². The molecular weight excluding hydrogens is 624 g/mol. The van der Waals surface area contributed by atoms with Crippen molar-refractivity contribution in [2.24, 2.45) is 5.10 Å². The van der Waals surface area contributed by atoms with Gasteiger partial charge in [0.1, 0.15) is 18.0 Å². The maximum absolute atomic E-state index is 13.8. The molecule has 0 saturated carbocycles. The van der Waals surface area contributed by atoms with Crippen LogP contribution in [0.25, 0.3) is 0 Å². The minimum atomic E-state index is -4.24. The van der Waals surface area contributed by atoms with Gasteiger partial charge in [-0.25, -0.2) is 13.8 Å². The van der Waals surface area contributed by atoms with Gasteiger partial charge in [-0.3, -0.25) is 13.9 Å². The van der Waals surface area contributed by atoms with Crippen LogP contribution in [0.1, 0.15) is 18.1 Å². The average Bonchev–Trinajstić information content (AvgIpc) is 3.10. The quantitative estimate of drug-likeness (QED) is 0.135. The van der Waals surface area contributed by atoms with Crippen molar-refractivity contribution in [2.75, 3.05) is 38.3 Å². The lowest BCUT2D eigenvalue weighted by Gasteiger charge is -2.24. The maximum Gasteiger partial charge on any atom is 0.264 e. The summed E-state index contributed by atoms with van der Waals surface area (Å²) in [5.41, 5.74) is 4.24. The van der Waals surface area contributed by atoms with E-state index in [-0.39, 0.29) is 28.8 Å². The summed E-state index contributed by atoms with van der Waals surface area (Å²) in [6, 6.07) is 26.8. The molecule has 2 amide bonds. The Balaban J connectivity index is 1.39. The van der Waals surface area contributed by atoms with E-state index < -0.39 is 22.5 Å². The number of nitrogens with one attached hydrogen (secondary N) is 2. The highest BCUT2D eigenvalue weighted by Crippen LogP contribution is 2.32. The van der Waals surface area contributed by atoms with Crippen molar-refractivity contribution in [3.8, 4) is 23.0 Å². The first-order chi connectivity index (χ1) is 22.7. The Morgan fingerprint density at radius 2 is 1.47 bits per heavy atom. The number of hydrogen-bond acceptors (Lipinski definition) is 9. The third-order valence-electron chi connectivity index (χ3n) is 6.65. The third-order valence-corrected chi connectivity index (χ3v) is 8.42. The van der Waals surface area contributed by atoms with Gasteiger partial charge in [0.2, 0.25) is 0 Å². The molecule has 4 rings (SSSR count). The van der Waals surface area contributed by atoms with Crippen molar-refractivity contribution in [1.29, 1.82) is 0 Å². The summed E-state index contributed by atoms with van der Waals surface area (Å²) < 4.78 is 50.1. The van der Waals surface area contributed by atoms with E-state index in [0.717, 1.165) is 9.87 Å². The molecule has 0 aliphatic heterocycles. The number of benzene rings is 4. The predicted molar refractivity (Wildman–Crippen MR) is 178 cm³/mol. The smallest absolute Gasteiger partial charge is 0.264 e. The summed E-state index contributed by atoms with van der Waals surface area (Å²) in [6.45, 7) is 1.97. The van der Waals surface area contributed by atoms with Crippen LogP contribution in [0, 0.1) is 0 Å². The van der Waals surface area contributed by atoms with Crippen LogP contribution in [0.2, 0.25) is 0 Å². The zero-order valence-corrected chi connectivity index (χ0v) is 27.0. The second-order valence-electron chi connectivity index (χ2n) is 9.87. The fourth-order valence-electron chi connectivity index (χ4n) is 4.29. The molecule has 13 heteroatoms. The summed E-state index contributed by atoms with van der Waals surface area (Å²) in [5.74, 6) is 0.672. The van der Waals surface area contributed by atoms with Gasteiger partial charge in [-0.1, -0.05) is 30.3 Å². The molecule has 47 heavy (non-hydrogen) atoms. The number of nitrogens with zero attached hydrogens (tertiary/aromatic N) is 2. The van der Waals surface area contributed by atoms with Crippen LogP contribution >= 0.6 is 0 Å². The molecule has 0 aliphatic carbocycles. The highest BCUT2D eigenvalue weighted by Gasteiger charge is 2.28. The molecule has 4 aromatic carbocycles. The number of sulfonamides is 1. The fourth-order valence-corrected chi connectivity index (χ4v) is 5.72. The Morgan fingerprint density at radius 1 is 0.809 bits per heavy atom. The second kappa shape index (κ2) is 16.7. The topological polar surface area (TPSA) is 145 Å². The average molecular weight is 661 g/mol. The SMILES string of the molecule is CCOc1ccc(N(CC(=O)N/N=C\c2ccc(OCC(=O)NCc3ccccc3)cc2)S(=O)(=O)c2ccc(OC)c(OC)c2)cc1. The summed E-state index contributed by atoms with van der Waals surface area (Å²) in [7, 11) is -1.40. The molecular formula is C34H36N4O8S. The van der Waals surface area contributed by atoms with Crippen molar-refractivity contribution in [3.05, 3.63) is 108 Å². The molecule has 0 atom stereocenters. The van der Waals surface area contributed by atoms with Crippen LogP contribution in [-0.2, 0) is 26.2 Å². The van der Waals surface area contributed by atoms with Gasteiger partial charge in [0.05, 0.1) is 37.6 Å². The standard InChI is InChI=1S/C34H36N4O8S/c1-4-45-28-16-12-27(13-17-28)38(47(41,42)30-18-19-31(43-2)32(20-30)44-3)23-33(39)37-36-22-26-10-14-29(15-11-26)46-24-34(40)35-21-25-8-6-5-7-9-25/h5-20,22H,4,21,23-24H2,1-3H3,(H,35,40)(H,37,39)/b36-22-. The van der Waals surface area contributed by atoms with Crippen LogP contribution in [0.4, 0.5) is 5.69 Å². The van der Waals surface area contributed by atoms with Crippen LogP contribution in [0.15, 0.2) is 107 Å². The van der Waals surface area contributed by atoms with Gasteiger partial charge < -0.3 is 24.3 Å². The van der Waals surface area contributed by atoms with E-state index in [4.69, 9.17) is 18.9 Å². The van der Waals surface area contributed by atoms with Gasteiger partial charge in [-0.05, 0) is 78.7 Å². The molecule has 0 spiro atoms. The lowest BCUT2D eigenvalue weighted by Crippen LogP contribution is -2.39. The minimum Gasteiger partial charge on any atom is -0.494 e. The first-order valence-corrected chi connectivity index (χ1v) is 16.0. The number of amides is 2. The highest BCUT2D eigenvalue weighted by molar-refractivity contribution is 7.92. The maximum atomic E-state index is 13.8. The van der Waals surface area contributed by atoms with E-state index in [1.807, 2.05) is 37.3 Å². The van der Waals surface area contributed by atoms with Crippen molar-refractivity contribution in [2.45, 2.75) is 18.4 Å². The van der Waals surface area contributed by atoms with Crippen LogP contribution in [-0.4, -0.2) is 60.4 Å². The second-order valence-corrected chi connectivity index (χ2v) is 11.7. The molecule has 0 aromatic heterocycles. The molecule has 0 fully saturated rings. The lowest BCUT2D eigenvalue weighted by molar-refractivity contribution is -0.123. The third kappa shape index (κ3) is 9.71. The molecule has 2 N–H and O–H groups in total. The van der Waals surface area contributed by atoms with Crippen molar-refractivity contribution in [1.82, 2.24) is 10.7 Å². The van der Waals surface area contributed by atoms with E-state index >= 15 is 0 Å². The van der Waals surface area contributed by atoms with Gasteiger partial charge in [0, 0.05) is 12.6 Å². The summed E-state index contributed by atoms with van der Waals surface area (Å²) in [4.78, 5) is 25.0. The zero-order valence-electron chi connectivity index (χ0n) is 26.2. The van der Waals surface area contributed by atoms with E-state index in [0.29, 0.717) is 36.0 Å². The van der Waals surface area contributed by atoms with Gasteiger partial charge >= 0.3 is 0 Å².